The van der Waals surface area contributed by atoms with Crippen molar-refractivity contribution < 1.29 is 0 Å². The molecule has 10 nitrogen and oxygen atoms in total. The smallest absolute Gasteiger partial charge is 0.332 e. The monoisotopic (exact) mass is 458 g/mol. The van der Waals surface area contributed by atoms with Gasteiger partial charge in [0, 0.05) is 37.3 Å². The second kappa shape index (κ2) is 8.43. The number of imidazole rings is 1. The lowest BCUT2D eigenvalue weighted by Crippen LogP contribution is -2.40. The molecule has 4 heterocycles. The summed E-state index contributed by atoms with van der Waals surface area (Å²) in [4.78, 5) is 42.8. The van der Waals surface area contributed by atoms with Crippen LogP contribution in [0, 0.1) is 18.8 Å². The number of aryl methyl sites for hydroxylation is 2. The molecule has 1 aliphatic heterocycles. The van der Waals surface area contributed by atoms with Gasteiger partial charge in [-0.05, 0) is 26.3 Å². The number of aromatic nitrogens is 6. The number of anilines is 1. The number of fused-ring (bicyclic) bond motifs is 2. The first-order valence-electron chi connectivity index (χ1n) is 11.2. The van der Waals surface area contributed by atoms with Gasteiger partial charge >= 0.3 is 5.69 Å². The van der Waals surface area contributed by atoms with Crippen molar-refractivity contribution in [3.05, 3.63) is 56.6 Å². The number of hydrogen-bond donors (Lipinski definition) is 1. The van der Waals surface area contributed by atoms with E-state index < -0.39 is 11.2 Å². The molecule has 1 saturated heterocycles. The summed E-state index contributed by atoms with van der Waals surface area (Å²) in [6.07, 6.45) is 0.838. The molecule has 1 fully saturated rings. The SMILES string of the molecule is CC#CCn1c(N2CC[C@H](N)C2)nc2c1c(=O)n(Cc1nc(C)c3ccccc3n1)c(=O)n2C. The van der Waals surface area contributed by atoms with E-state index >= 15 is 0 Å². The molecular formula is C24H26N8O2. The van der Waals surface area contributed by atoms with Crippen LogP contribution in [0.25, 0.3) is 22.1 Å². The standard InChI is InChI=1S/C24H26N8O2/c1-4-5-11-31-20-21(28-23(31)30-12-10-16(25)13-30)29(3)24(34)32(22(20)33)14-19-26-15(2)17-8-6-7-9-18(17)27-19/h6-9,16H,10-14,25H2,1-3H3/t16-/m0/s1. The number of benzene rings is 1. The Morgan fingerprint density at radius 1 is 1.15 bits per heavy atom. The summed E-state index contributed by atoms with van der Waals surface area (Å²) in [7, 11) is 1.62. The Morgan fingerprint density at radius 2 is 1.94 bits per heavy atom. The Kier molecular flexibility index (Phi) is 5.42. The number of nitrogens with two attached hydrogens (primary N) is 1. The van der Waals surface area contributed by atoms with Gasteiger partial charge in [0.2, 0.25) is 5.95 Å². The van der Waals surface area contributed by atoms with Crippen LogP contribution in [-0.4, -0.2) is 47.8 Å². The quantitative estimate of drug-likeness (QED) is 0.449. The van der Waals surface area contributed by atoms with Gasteiger partial charge in [-0.2, -0.15) is 4.98 Å². The van der Waals surface area contributed by atoms with Crippen LogP contribution in [-0.2, 0) is 20.1 Å². The molecule has 1 aliphatic rings. The molecule has 1 atom stereocenters. The molecule has 0 spiro atoms. The van der Waals surface area contributed by atoms with Crippen molar-refractivity contribution in [2.45, 2.75) is 39.4 Å². The Balaban J connectivity index is 1.70. The molecular weight excluding hydrogens is 432 g/mol. The molecule has 0 aliphatic carbocycles. The molecule has 0 radical (unpaired) electrons. The number of para-hydroxylation sites is 1. The summed E-state index contributed by atoms with van der Waals surface area (Å²) in [6.45, 7) is 5.25. The van der Waals surface area contributed by atoms with Crippen molar-refractivity contribution in [1.82, 2.24) is 28.7 Å². The normalized spacial score (nSPS) is 15.8. The summed E-state index contributed by atoms with van der Waals surface area (Å²) in [5.41, 5.74) is 7.43. The van der Waals surface area contributed by atoms with E-state index in [2.05, 4.69) is 21.8 Å². The summed E-state index contributed by atoms with van der Waals surface area (Å²) in [5.74, 6) is 6.92. The predicted octanol–water partition coefficient (Wildman–Crippen LogP) is 0.757. The second-order valence-corrected chi connectivity index (χ2v) is 8.57. The van der Waals surface area contributed by atoms with Gasteiger partial charge in [0.1, 0.15) is 5.82 Å². The first-order chi connectivity index (χ1) is 16.4. The third-order valence-corrected chi connectivity index (χ3v) is 6.27. The van der Waals surface area contributed by atoms with Crippen LogP contribution in [0.2, 0.25) is 0 Å². The average Bonchev–Trinajstić information content (AvgIpc) is 3.42. The van der Waals surface area contributed by atoms with Crippen molar-refractivity contribution in [3.63, 3.8) is 0 Å². The van der Waals surface area contributed by atoms with E-state index in [0.29, 0.717) is 29.5 Å². The van der Waals surface area contributed by atoms with Crippen LogP contribution >= 0.6 is 0 Å². The van der Waals surface area contributed by atoms with Crippen LogP contribution < -0.4 is 21.9 Å². The van der Waals surface area contributed by atoms with E-state index in [1.165, 1.54) is 9.13 Å². The van der Waals surface area contributed by atoms with E-state index in [1.54, 1.807) is 18.5 Å². The van der Waals surface area contributed by atoms with Crippen LogP contribution in [0.5, 0.6) is 0 Å². The lowest BCUT2D eigenvalue weighted by atomic mass is 10.2. The van der Waals surface area contributed by atoms with E-state index in [-0.39, 0.29) is 19.1 Å². The average molecular weight is 459 g/mol. The van der Waals surface area contributed by atoms with Gasteiger partial charge in [0.05, 0.1) is 18.6 Å². The van der Waals surface area contributed by atoms with Crippen molar-refractivity contribution in [2.24, 2.45) is 12.8 Å². The molecule has 1 aromatic carbocycles. The molecule has 3 aromatic heterocycles. The fraction of sp³-hybridized carbons (Fsp3) is 0.375. The van der Waals surface area contributed by atoms with E-state index in [4.69, 9.17) is 10.7 Å². The number of rotatable bonds is 4. The number of hydrogen-bond acceptors (Lipinski definition) is 7. The molecule has 174 valence electrons. The lowest BCUT2D eigenvalue weighted by molar-refractivity contribution is 0.633. The Labute approximate surface area is 195 Å². The van der Waals surface area contributed by atoms with Gasteiger partial charge in [0.25, 0.3) is 5.56 Å². The fourth-order valence-electron chi connectivity index (χ4n) is 4.52. The summed E-state index contributed by atoms with van der Waals surface area (Å²) < 4.78 is 4.36. The minimum Gasteiger partial charge on any atom is -0.341 e. The van der Waals surface area contributed by atoms with Crippen molar-refractivity contribution >= 4 is 28.0 Å². The van der Waals surface area contributed by atoms with Crippen LogP contribution in [0.15, 0.2) is 33.9 Å². The maximum Gasteiger partial charge on any atom is 0.332 e. The molecule has 0 amide bonds. The minimum absolute atomic E-state index is 0.0400. The van der Waals surface area contributed by atoms with Gasteiger partial charge < -0.3 is 10.6 Å². The van der Waals surface area contributed by atoms with E-state index in [0.717, 1.165) is 29.6 Å². The van der Waals surface area contributed by atoms with E-state index in [1.807, 2.05) is 36.1 Å². The van der Waals surface area contributed by atoms with Gasteiger partial charge in [-0.3, -0.25) is 18.5 Å². The lowest BCUT2D eigenvalue weighted by Gasteiger charge is -2.17. The summed E-state index contributed by atoms with van der Waals surface area (Å²) >= 11 is 0. The highest BCUT2D eigenvalue weighted by Crippen LogP contribution is 2.23. The van der Waals surface area contributed by atoms with Gasteiger partial charge in [-0.15, -0.1) is 5.92 Å². The molecule has 0 unspecified atom stereocenters. The first kappa shape index (κ1) is 21.9. The van der Waals surface area contributed by atoms with Crippen LogP contribution in [0.3, 0.4) is 0 Å². The topological polar surface area (TPSA) is 117 Å². The predicted molar refractivity (Wildman–Crippen MR) is 131 cm³/mol. The number of nitrogens with zero attached hydrogens (tertiary/aromatic N) is 7. The molecule has 4 aromatic rings. The third-order valence-electron chi connectivity index (χ3n) is 6.27. The van der Waals surface area contributed by atoms with Crippen molar-refractivity contribution in [1.29, 1.82) is 0 Å². The molecule has 2 N–H and O–H groups in total. The van der Waals surface area contributed by atoms with Gasteiger partial charge in [-0.25, -0.2) is 14.8 Å². The van der Waals surface area contributed by atoms with Crippen molar-refractivity contribution in [3.8, 4) is 11.8 Å². The molecule has 0 bridgehead atoms. The van der Waals surface area contributed by atoms with Crippen LogP contribution in [0.1, 0.15) is 24.9 Å². The molecule has 0 saturated carbocycles. The Hall–Kier alpha value is -3.97. The Morgan fingerprint density at radius 3 is 2.68 bits per heavy atom. The van der Waals surface area contributed by atoms with Crippen LogP contribution in [0.4, 0.5) is 5.95 Å². The highest BCUT2D eigenvalue weighted by molar-refractivity contribution is 5.80. The maximum atomic E-state index is 13.7. The zero-order chi connectivity index (χ0) is 24.0. The van der Waals surface area contributed by atoms with E-state index in [9.17, 15) is 9.59 Å². The minimum atomic E-state index is -0.470. The highest BCUT2D eigenvalue weighted by Gasteiger charge is 2.27. The zero-order valence-electron chi connectivity index (χ0n) is 19.4. The summed E-state index contributed by atoms with van der Waals surface area (Å²) in [5, 5.41) is 0.937. The molecule has 34 heavy (non-hydrogen) atoms. The summed E-state index contributed by atoms with van der Waals surface area (Å²) in [6, 6.07) is 7.71. The van der Waals surface area contributed by atoms with Gasteiger partial charge in [-0.1, -0.05) is 24.1 Å². The van der Waals surface area contributed by atoms with Crippen molar-refractivity contribution in [2.75, 3.05) is 18.0 Å². The fourth-order valence-corrected chi connectivity index (χ4v) is 4.52. The maximum absolute atomic E-state index is 13.7. The Bertz CT molecular complexity index is 1600. The highest BCUT2D eigenvalue weighted by atomic mass is 16.2. The zero-order valence-corrected chi connectivity index (χ0v) is 19.4. The molecule has 5 rings (SSSR count). The second-order valence-electron chi connectivity index (χ2n) is 8.57. The largest absolute Gasteiger partial charge is 0.341 e. The molecule has 10 heteroatoms. The first-order valence-corrected chi connectivity index (χ1v) is 11.2. The third kappa shape index (κ3) is 3.54. The van der Waals surface area contributed by atoms with Gasteiger partial charge in [0.15, 0.2) is 11.2 Å².